The highest BCUT2D eigenvalue weighted by Gasteiger charge is 2.14. The third kappa shape index (κ3) is 3.86. The Bertz CT molecular complexity index is 368. The van der Waals surface area contributed by atoms with E-state index in [1.807, 2.05) is 32.0 Å². The van der Waals surface area contributed by atoms with Crippen LogP contribution in [0.15, 0.2) is 18.2 Å². The van der Waals surface area contributed by atoms with E-state index in [0.717, 1.165) is 36.1 Å². The molecule has 94 valence electrons. The van der Waals surface area contributed by atoms with Gasteiger partial charge in [0.15, 0.2) is 0 Å². The Kier molecular flexibility index (Phi) is 5.16. The summed E-state index contributed by atoms with van der Waals surface area (Å²) in [6.07, 6.45) is 2.79. The summed E-state index contributed by atoms with van der Waals surface area (Å²) in [5.41, 5.74) is 8.87. The quantitative estimate of drug-likeness (QED) is 0.823. The highest BCUT2D eigenvalue weighted by atomic mass is 16.2. The van der Waals surface area contributed by atoms with E-state index in [9.17, 15) is 4.79 Å². The van der Waals surface area contributed by atoms with Crippen molar-refractivity contribution in [1.82, 2.24) is 0 Å². The Balaban J connectivity index is 2.68. The Morgan fingerprint density at radius 1 is 1.35 bits per heavy atom. The number of aryl methyl sites for hydroxylation is 2. The van der Waals surface area contributed by atoms with Crippen LogP contribution in [0.2, 0.25) is 0 Å². The molecule has 3 N–H and O–H groups in total. The van der Waals surface area contributed by atoms with E-state index in [4.69, 9.17) is 5.73 Å². The summed E-state index contributed by atoms with van der Waals surface area (Å²) in [4.78, 5) is 11.9. The van der Waals surface area contributed by atoms with Crippen LogP contribution in [0.1, 0.15) is 37.3 Å². The zero-order chi connectivity index (χ0) is 12.8. The fraction of sp³-hybridized carbons (Fsp3) is 0.500. The van der Waals surface area contributed by atoms with Gasteiger partial charge in [-0.1, -0.05) is 38.0 Å². The number of amides is 1. The Hall–Kier alpha value is -1.35. The van der Waals surface area contributed by atoms with Gasteiger partial charge in [-0.3, -0.25) is 4.79 Å². The molecule has 0 aliphatic heterocycles. The van der Waals surface area contributed by atoms with E-state index < -0.39 is 6.04 Å². The van der Waals surface area contributed by atoms with Gasteiger partial charge >= 0.3 is 0 Å². The standard InChI is InChI=1S/C14H22N2O/c1-4-5-9-12(15)14(17)16-13-10(2)7-6-8-11(13)3/h6-8,12H,4-5,9,15H2,1-3H3,(H,16,17). The van der Waals surface area contributed by atoms with E-state index in [0.29, 0.717) is 0 Å². The number of anilines is 1. The molecule has 0 fully saturated rings. The highest BCUT2D eigenvalue weighted by molar-refractivity contribution is 5.95. The van der Waals surface area contributed by atoms with E-state index in [1.165, 1.54) is 0 Å². The summed E-state index contributed by atoms with van der Waals surface area (Å²) >= 11 is 0. The number of carbonyl (C=O) groups is 1. The van der Waals surface area contributed by atoms with Crippen molar-refractivity contribution >= 4 is 11.6 Å². The fourth-order valence-electron chi connectivity index (χ4n) is 1.78. The normalized spacial score (nSPS) is 12.2. The molecule has 1 aromatic rings. The maximum absolute atomic E-state index is 11.9. The molecule has 0 aliphatic rings. The second kappa shape index (κ2) is 6.40. The van der Waals surface area contributed by atoms with Gasteiger partial charge in [0.25, 0.3) is 0 Å². The van der Waals surface area contributed by atoms with Gasteiger partial charge in [0, 0.05) is 5.69 Å². The molecule has 0 aromatic heterocycles. The van der Waals surface area contributed by atoms with E-state index >= 15 is 0 Å². The van der Waals surface area contributed by atoms with Crippen LogP contribution in [0.4, 0.5) is 5.69 Å². The number of hydrogen-bond acceptors (Lipinski definition) is 2. The first kappa shape index (κ1) is 13.7. The maximum atomic E-state index is 11.9. The molecular weight excluding hydrogens is 212 g/mol. The molecule has 1 rings (SSSR count). The molecule has 1 atom stereocenters. The van der Waals surface area contributed by atoms with Crippen molar-refractivity contribution < 1.29 is 4.79 Å². The summed E-state index contributed by atoms with van der Waals surface area (Å²) < 4.78 is 0. The third-order valence-corrected chi connectivity index (χ3v) is 2.93. The molecule has 1 amide bonds. The minimum absolute atomic E-state index is 0.0872. The number of benzene rings is 1. The molecular formula is C14H22N2O. The number of carbonyl (C=O) groups excluding carboxylic acids is 1. The summed E-state index contributed by atoms with van der Waals surface area (Å²) in [5.74, 6) is -0.0872. The van der Waals surface area contributed by atoms with Crippen LogP contribution in [-0.2, 0) is 4.79 Å². The van der Waals surface area contributed by atoms with Crippen LogP contribution in [0, 0.1) is 13.8 Å². The number of nitrogens with two attached hydrogens (primary N) is 1. The summed E-state index contributed by atoms with van der Waals surface area (Å²) in [6, 6.07) is 5.55. The third-order valence-electron chi connectivity index (χ3n) is 2.93. The number of nitrogens with one attached hydrogen (secondary N) is 1. The van der Waals surface area contributed by atoms with Gasteiger partial charge in [-0.25, -0.2) is 0 Å². The van der Waals surface area contributed by atoms with E-state index in [2.05, 4.69) is 12.2 Å². The first-order valence-corrected chi connectivity index (χ1v) is 6.19. The summed E-state index contributed by atoms with van der Waals surface area (Å²) in [6.45, 7) is 6.07. The molecule has 1 unspecified atom stereocenters. The number of para-hydroxylation sites is 1. The molecule has 1 aromatic carbocycles. The predicted octanol–water partition coefficient (Wildman–Crippen LogP) is 2.76. The minimum Gasteiger partial charge on any atom is -0.324 e. The number of rotatable bonds is 5. The van der Waals surface area contributed by atoms with Gasteiger partial charge in [-0.2, -0.15) is 0 Å². The molecule has 0 spiro atoms. The number of unbranched alkanes of at least 4 members (excludes halogenated alkanes) is 1. The fourth-order valence-corrected chi connectivity index (χ4v) is 1.78. The minimum atomic E-state index is -0.408. The Morgan fingerprint density at radius 3 is 2.47 bits per heavy atom. The van der Waals surface area contributed by atoms with Gasteiger partial charge in [0.2, 0.25) is 5.91 Å². The lowest BCUT2D eigenvalue weighted by atomic mass is 10.1. The van der Waals surface area contributed by atoms with Crippen LogP contribution in [0.5, 0.6) is 0 Å². The average Bonchev–Trinajstić information content (AvgIpc) is 2.30. The zero-order valence-corrected chi connectivity index (χ0v) is 10.9. The maximum Gasteiger partial charge on any atom is 0.241 e. The molecule has 0 heterocycles. The van der Waals surface area contributed by atoms with Crippen LogP contribution in [0.25, 0.3) is 0 Å². The molecule has 17 heavy (non-hydrogen) atoms. The molecule has 0 bridgehead atoms. The zero-order valence-electron chi connectivity index (χ0n) is 10.9. The molecule has 0 aliphatic carbocycles. The van der Waals surface area contributed by atoms with Crippen LogP contribution >= 0.6 is 0 Å². The van der Waals surface area contributed by atoms with Gasteiger partial charge in [-0.05, 0) is 31.4 Å². The topological polar surface area (TPSA) is 55.1 Å². The second-order valence-corrected chi connectivity index (χ2v) is 4.50. The molecule has 3 nitrogen and oxygen atoms in total. The SMILES string of the molecule is CCCCC(N)C(=O)Nc1c(C)cccc1C. The molecule has 3 heteroatoms. The van der Waals surface area contributed by atoms with Crippen molar-refractivity contribution in [2.24, 2.45) is 5.73 Å². The lowest BCUT2D eigenvalue weighted by Crippen LogP contribution is -2.35. The Labute approximate surface area is 103 Å². The van der Waals surface area contributed by atoms with Gasteiger partial charge in [-0.15, -0.1) is 0 Å². The van der Waals surface area contributed by atoms with Crippen LogP contribution in [-0.4, -0.2) is 11.9 Å². The van der Waals surface area contributed by atoms with Gasteiger partial charge < -0.3 is 11.1 Å². The molecule has 0 saturated heterocycles. The van der Waals surface area contributed by atoms with Gasteiger partial charge in [0.05, 0.1) is 6.04 Å². The van der Waals surface area contributed by atoms with Crippen molar-refractivity contribution in [3.8, 4) is 0 Å². The number of hydrogen-bond donors (Lipinski definition) is 2. The summed E-state index contributed by atoms with van der Waals surface area (Å²) in [7, 11) is 0. The highest BCUT2D eigenvalue weighted by Crippen LogP contribution is 2.19. The second-order valence-electron chi connectivity index (χ2n) is 4.50. The smallest absolute Gasteiger partial charge is 0.241 e. The van der Waals surface area contributed by atoms with E-state index in [1.54, 1.807) is 0 Å². The van der Waals surface area contributed by atoms with Crippen molar-refractivity contribution in [1.29, 1.82) is 0 Å². The summed E-state index contributed by atoms with van der Waals surface area (Å²) in [5, 5.41) is 2.92. The lowest BCUT2D eigenvalue weighted by Gasteiger charge is -2.15. The van der Waals surface area contributed by atoms with Crippen molar-refractivity contribution in [3.63, 3.8) is 0 Å². The van der Waals surface area contributed by atoms with E-state index in [-0.39, 0.29) is 5.91 Å². The van der Waals surface area contributed by atoms with Crippen LogP contribution < -0.4 is 11.1 Å². The van der Waals surface area contributed by atoms with Gasteiger partial charge in [0.1, 0.15) is 0 Å². The molecule has 0 radical (unpaired) electrons. The van der Waals surface area contributed by atoms with Crippen molar-refractivity contribution in [3.05, 3.63) is 29.3 Å². The van der Waals surface area contributed by atoms with Crippen molar-refractivity contribution in [2.75, 3.05) is 5.32 Å². The largest absolute Gasteiger partial charge is 0.324 e. The lowest BCUT2D eigenvalue weighted by molar-refractivity contribution is -0.117. The Morgan fingerprint density at radius 2 is 1.94 bits per heavy atom. The monoisotopic (exact) mass is 234 g/mol. The van der Waals surface area contributed by atoms with Crippen LogP contribution in [0.3, 0.4) is 0 Å². The first-order valence-electron chi connectivity index (χ1n) is 6.19. The predicted molar refractivity (Wildman–Crippen MR) is 72.0 cm³/mol. The molecule has 0 saturated carbocycles. The first-order chi connectivity index (χ1) is 8.06. The van der Waals surface area contributed by atoms with Crippen molar-refractivity contribution in [2.45, 2.75) is 46.1 Å². The average molecular weight is 234 g/mol.